The highest BCUT2D eigenvalue weighted by atomic mass is 14.9. The first-order chi connectivity index (χ1) is 10.1. The van der Waals surface area contributed by atoms with Gasteiger partial charge in [-0.15, -0.1) is 0 Å². The first-order valence-electron chi connectivity index (χ1n) is 7.80. The molecule has 21 heavy (non-hydrogen) atoms. The van der Waals surface area contributed by atoms with Gasteiger partial charge in [0.15, 0.2) is 0 Å². The van der Waals surface area contributed by atoms with Crippen molar-refractivity contribution in [2.75, 3.05) is 6.54 Å². The lowest BCUT2D eigenvalue weighted by molar-refractivity contribution is 0.704. The molecule has 0 aliphatic heterocycles. The normalized spacial score (nSPS) is 27.6. The van der Waals surface area contributed by atoms with Crippen molar-refractivity contribution in [2.45, 2.75) is 34.1 Å². The summed E-state index contributed by atoms with van der Waals surface area (Å²) >= 11 is 0. The first-order valence-corrected chi connectivity index (χ1v) is 7.80. The van der Waals surface area contributed by atoms with E-state index in [1.165, 1.54) is 16.8 Å². The third kappa shape index (κ3) is 4.32. The molecule has 2 aliphatic rings. The van der Waals surface area contributed by atoms with Crippen molar-refractivity contribution in [3.05, 3.63) is 59.5 Å². The van der Waals surface area contributed by atoms with Gasteiger partial charge < -0.3 is 5.32 Å². The number of allylic oxidation sites excluding steroid dienone is 6. The molecule has 0 saturated carbocycles. The number of hydrogen-bond acceptors (Lipinski definition) is 2. The number of hydrogen-bond donors (Lipinski definition) is 1. The Morgan fingerprint density at radius 3 is 2.90 bits per heavy atom. The summed E-state index contributed by atoms with van der Waals surface area (Å²) in [6.45, 7) is 9.46. The molecule has 0 spiro atoms. The van der Waals surface area contributed by atoms with E-state index >= 15 is 0 Å². The fraction of sp³-hybridized carbons (Fsp3) is 0.421. The Morgan fingerprint density at radius 1 is 1.38 bits per heavy atom. The van der Waals surface area contributed by atoms with E-state index in [0.717, 1.165) is 18.7 Å². The van der Waals surface area contributed by atoms with E-state index in [9.17, 15) is 0 Å². The van der Waals surface area contributed by atoms with E-state index in [2.05, 4.69) is 61.5 Å². The average Bonchev–Trinajstić information content (AvgIpc) is 2.46. The zero-order chi connectivity index (χ0) is 15.2. The van der Waals surface area contributed by atoms with E-state index in [1.807, 2.05) is 19.2 Å². The molecule has 0 heterocycles. The molecular weight excluding hydrogens is 256 g/mol. The van der Waals surface area contributed by atoms with Crippen LogP contribution in [0.15, 0.2) is 64.5 Å². The van der Waals surface area contributed by atoms with Crippen molar-refractivity contribution < 1.29 is 0 Å². The van der Waals surface area contributed by atoms with Crippen LogP contribution in [0.25, 0.3) is 0 Å². The molecule has 0 amide bonds. The maximum Gasteiger partial charge on any atom is 0.0472 e. The summed E-state index contributed by atoms with van der Waals surface area (Å²) in [6, 6.07) is 0. The predicted octanol–water partition coefficient (Wildman–Crippen LogP) is 4.55. The minimum absolute atomic E-state index is 0.390. The summed E-state index contributed by atoms with van der Waals surface area (Å²) < 4.78 is 0. The zero-order valence-electron chi connectivity index (χ0n) is 13.6. The Labute approximate surface area is 128 Å². The van der Waals surface area contributed by atoms with Crippen LogP contribution >= 0.6 is 0 Å². The molecule has 2 nitrogen and oxygen atoms in total. The van der Waals surface area contributed by atoms with Crippen molar-refractivity contribution >= 4 is 5.71 Å². The van der Waals surface area contributed by atoms with Gasteiger partial charge in [0.2, 0.25) is 0 Å². The van der Waals surface area contributed by atoms with Gasteiger partial charge in [-0.1, -0.05) is 44.2 Å². The first kappa shape index (κ1) is 15.6. The van der Waals surface area contributed by atoms with Gasteiger partial charge in [0.1, 0.15) is 0 Å². The van der Waals surface area contributed by atoms with E-state index in [1.54, 1.807) is 0 Å². The molecule has 0 aromatic carbocycles. The fourth-order valence-electron chi connectivity index (χ4n) is 2.62. The lowest BCUT2D eigenvalue weighted by atomic mass is 9.94. The van der Waals surface area contributed by atoms with Gasteiger partial charge in [-0.2, -0.15) is 0 Å². The average molecular weight is 282 g/mol. The van der Waals surface area contributed by atoms with Gasteiger partial charge in [-0.05, 0) is 43.4 Å². The van der Waals surface area contributed by atoms with Crippen LogP contribution in [-0.2, 0) is 0 Å². The standard InChI is InChI=1S/C19H26N2/c1-5-10-20-19-12-17(8-7-15(19)3)13-21-18-9-6-14(2)11-16(18)4/h5,7-12,14-15,21H,6,13H2,1-4H3/b10-5-,20-19?. The molecule has 0 radical (unpaired) electrons. The monoisotopic (exact) mass is 282 g/mol. The third-order valence-corrected chi connectivity index (χ3v) is 3.91. The van der Waals surface area contributed by atoms with Crippen LogP contribution in [0, 0.1) is 11.8 Å². The predicted molar refractivity (Wildman–Crippen MR) is 92.3 cm³/mol. The van der Waals surface area contributed by atoms with Crippen molar-refractivity contribution in [3.63, 3.8) is 0 Å². The summed E-state index contributed by atoms with van der Waals surface area (Å²) in [5, 5.41) is 3.55. The smallest absolute Gasteiger partial charge is 0.0472 e. The third-order valence-electron chi connectivity index (χ3n) is 3.91. The molecule has 0 aromatic heterocycles. The summed E-state index contributed by atoms with van der Waals surface area (Å²) in [5.74, 6) is 1.05. The Morgan fingerprint density at radius 2 is 2.19 bits per heavy atom. The molecule has 0 fully saturated rings. The van der Waals surface area contributed by atoms with Crippen molar-refractivity contribution in [2.24, 2.45) is 16.8 Å². The summed E-state index contributed by atoms with van der Waals surface area (Å²) in [5.41, 5.74) is 5.04. The highest BCUT2D eigenvalue weighted by molar-refractivity contribution is 6.00. The lowest BCUT2D eigenvalue weighted by Crippen LogP contribution is -2.21. The second-order valence-corrected chi connectivity index (χ2v) is 5.94. The van der Waals surface area contributed by atoms with Gasteiger partial charge in [-0.3, -0.25) is 4.99 Å². The lowest BCUT2D eigenvalue weighted by Gasteiger charge is -2.20. The summed E-state index contributed by atoms with van der Waals surface area (Å²) in [7, 11) is 0. The van der Waals surface area contributed by atoms with E-state index < -0.39 is 0 Å². The second-order valence-electron chi connectivity index (χ2n) is 5.94. The van der Waals surface area contributed by atoms with Crippen molar-refractivity contribution in [3.8, 4) is 0 Å². The number of aliphatic imine (C=N–C) groups is 1. The second kappa shape index (κ2) is 7.26. The van der Waals surface area contributed by atoms with Crippen molar-refractivity contribution in [1.82, 2.24) is 5.32 Å². The van der Waals surface area contributed by atoms with E-state index in [-0.39, 0.29) is 0 Å². The van der Waals surface area contributed by atoms with E-state index in [4.69, 9.17) is 0 Å². The molecule has 1 N–H and O–H groups in total. The molecule has 0 aromatic rings. The molecule has 112 valence electrons. The Hall–Kier alpha value is -1.83. The zero-order valence-corrected chi connectivity index (χ0v) is 13.6. The van der Waals surface area contributed by atoms with Crippen LogP contribution in [0.4, 0.5) is 0 Å². The Kier molecular flexibility index (Phi) is 5.38. The molecule has 2 heteroatoms. The Balaban J connectivity index is 2.00. The van der Waals surface area contributed by atoms with Crippen molar-refractivity contribution in [1.29, 1.82) is 0 Å². The van der Waals surface area contributed by atoms with Crippen LogP contribution in [0.3, 0.4) is 0 Å². The molecule has 0 bridgehead atoms. The van der Waals surface area contributed by atoms with Crippen LogP contribution in [0.2, 0.25) is 0 Å². The summed E-state index contributed by atoms with van der Waals surface area (Å²) in [4.78, 5) is 4.51. The van der Waals surface area contributed by atoms with Crippen LogP contribution in [0.5, 0.6) is 0 Å². The maximum atomic E-state index is 4.51. The SMILES string of the molecule is C/C=C\N=C1C=C(CNC2=CCC(C)C=C2C)C=CC1C. The molecule has 2 atom stereocenters. The molecule has 2 aliphatic carbocycles. The van der Waals surface area contributed by atoms with Crippen LogP contribution in [0.1, 0.15) is 34.1 Å². The van der Waals surface area contributed by atoms with E-state index in [0.29, 0.717) is 11.8 Å². The molecule has 0 saturated heterocycles. The topological polar surface area (TPSA) is 24.4 Å². The van der Waals surface area contributed by atoms with Gasteiger partial charge in [0, 0.05) is 30.1 Å². The highest BCUT2D eigenvalue weighted by Crippen LogP contribution is 2.21. The van der Waals surface area contributed by atoms with Crippen LogP contribution in [-0.4, -0.2) is 12.3 Å². The van der Waals surface area contributed by atoms with Gasteiger partial charge in [0.25, 0.3) is 0 Å². The maximum absolute atomic E-state index is 4.51. The van der Waals surface area contributed by atoms with Gasteiger partial charge >= 0.3 is 0 Å². The number of nitrogens with zero attached hydrogens (tertiary/aromatic N) is 1. The minimum Gasteiger partial charge on any atom is -0.381 e. The largest absolute Gasteiger partial charge is 0.381 e. The number of rotatable bonds is 4. The number of nitrogens with one attached hydrogen (secondary N) is 1. The fourth-order valence-corrected chi connectivity index (χ4v) is 2.62. The quantitative estimate of drug-likeness (QED) is 0.803. The Bertz CT molecular complexity index is 556. The molecular formula is C19H26N2. The van der Waals surface area contributed by atoms with Gasteiger partial charge in [0.05, 0.1) is 0 Å². The minimum atomic E-state index is 0.390. The highest BCUT2D eigenvalue weighted by Gasteiger charge is 2.12. The molecule has 2 rings (SSSR count). The van der Waals surface area contributed by atoms with Gasteiger partial charge in [-0.25, -0.2) is 0 Å². The summed E-state index contributed by atoms with van der Waals surface area (Å²) in [6.07, 6.45) is 16.2. The van der Waals surface area contributed by atoms with Crippen LogP contribution < -0.4 is 5.32 Å². The molecule has 2 unspecified atom stereocenters.